The minimum absolute atomic E-state index is 0.00677. The van der Waals surface area contributed by atoms with E-state index in [0.29, 0.717) is 17.7 Å². The molecular weight excluding hydrogens is 446 g/mol. The molecule has 1 fully saturated rings. The molecule has 3 aromatic rings. The largest absolute Gasteiger partial charge is 0.478 e. The Morgan fingerprint density at radius 3 is 2.56 bits per heavy atom. The number of carboxylic acid groups (broad SMARTS) is 1. The molecule has 1 aromatic heterocycles. The van der Waals surface area contributed by atoms with Gasteiger partial charge in [0.15, 0.2) is 0 Å². The van der Waals surface area contributed by atoms with Gasteiger partial charge in [-0.15, -0.1) is 0 Å². The summed E-state index contributed by atoms with van der Waals surface area (Å²) in [6.07, 6.45) is 5.47. The van der Waals surface area contributed by atoms with E-state index >= 15 is 0 Å². The van der Waals surface area contributed by atoms with Crippen molar-refractivity contribution in [1.29, 1.82) is 0 Å². The predicted molar refractivity (Wildman–Crippen MR) is 127 cm³/mol. The summed E-state index contributed by atoms with van der Waals surface area (Å²) in [4.78, 5) is 14.6. The van der Waals surface area contributed by atoms with Gasteiger partial charge in [-0.1, -0.05) is 19.1 Å². The molecule has 1 aliphatic rings. The summed E-state index contributed by atoms with van der Waals surface area (Å²) in [6.45, 7) is 3.57. The van der Waals surface area contributed by atoms with Crippen LogP contribution in [0, 0.1) is 0 Å². The molecule has 0 saturated carbocycles. The molecule has 7 nitrogen and oxygen atoms in total. The van der Waals surface area contributed by atoms with Crippen molar-refractivity contribution in [2.75, 3.05) is 22.7 Å². The first kappa shape index (κ1) is 22.3. The van der Waals surface area contributed by atoms with E-state index in [1.165, 1.54) is 30.1 Å². The summed E-state index contributed by atoms with van der Waals surface area (Å²) in [5.41, 5.74) is 2.70. The van der Waals surface area contributed by atoms with Crippen LogP contribution in [0.2, 0.25) is 0 Å². The number of carboxylic acids is 1. The molecule has 2 aromatic carbocycles. The van der Waals surface area contributed by atoms with Crippen LogP contribution in [-0.2, 0) is 16.4 Å². The predicted octanol–water partition coefficient (Wildman–Crippen LogP) is 4.86. The van der Waals surface area contributed by atoms with E-state index in [9.17, 15) is 18.3 Å². The maximum absolute atomic E-state index is 13.5. The maximum atomic E-state index is 13.5. The van der Waals surface area contributed by atoms with Gasteiger partial charge in [-0.25, -0.2) is 17.6 Å². The fraction of sp³-hybridized carbons (Fsp3) is 0.304. The maximum Gasteiger partial charge on any atom is 0.335 e. The van der Waals surface area contributed by atoms with E-state index in [1.54, 1.807) is 12.3 Å². The van der Waals surface area contributed by atoms with Gasteiger partial charge in [0.05, 0.1) is 26.7 Å². The van der Waals surface area contributed by atoms with Crippen LogP contribution in [-0.4, -0.2) is 37.0 Å². The average molecular weight is 472 g/mol. The summed E-state index contributed by atoms with van der Waals surface area (Å²) in [7, 11) is -4.01. The third-order valence-electron chi connectivity index (χ3n) is 5.64. The molecule has 2 N–H and O–H groups in total. The highest BCUT2D eigenvalue weighted by molar-refractivity contribution is 7.92. The van der Waals surface area contributed by atoms with Crippen molar-refractivity contribution in [2.24, 2.45) is 0 Å². The van der Waals surface area contributed by atoms with Crippen LogP contribution in [0.5, 0.6) is 0 Å². The Hall–Kier alpha value is -2.91. The molecule has 9 heteroatoms. The second-order valence-electron chi connectivity index (χ2n) is 7.74. The Morgan fingerprint density at radius 1 is 1.12 bits per heavy atom. The lowest BCUT2D eigenvalue weighted by Crippen LogP contribution is -2.30. The van der Waals surface area contributed by atoms with Gasteiger partial charge in [0.1, 0.15) is 0 Å². The van der Waals surface area contributed by atoms with Crippen molar-refractivity contribution in [3.8, 4) is 10.4 Å². The number of aromatic nitrogens is 1. The van der Waals surface area contributed by atoms with Crippen LogP contribution in [0.3, 0.4) is 0 Å². The second kappa shape index (κ2) is 9.30. The number of anilines is 2. The first-order valence-electron chi connectivity index (χ1n) is 10.6. The van der Waals surface area contributed by atoms with E-state index in [-0.39, 0.29) is 10.5 Å². The van der Waals surface area contributed by atoms with Gasteiger partial charge < -0.3 is 10.0 Å². The van der Waals surface area contributed by atoms with Crippen LogP contribution in [0.25, 0.3) is 10.4 Å². The van der Waals surface area contributed by atoms with Crippen LogP contribution < -0.4 is 9.62 Å². The Kier molecular flexibility index (Phi) is 6.48. The highest BCUT2D eigenvalue weighted by atomic mass is 32.2. The SMILES string of the molecule is CCc1ccc(C(=O)O)cc1S(=O)(=O)Nc1cc(-c2ccns2)ccc1N1CCCCC1. The molecule has 32 heavy (non-hydrogen) atoms. The monoisotopic (exact) mass is 471 g/mol. The third-order valence-corrected chi connectivity index (χ3v) is 7.89. The summed E-state index contributed by atoms with van der Waals surface area (Å²) in [5, 5.41) is 9.36. The lowest BCUT2D eigenvalue weighted by atomic mass is 10.1. The summed E-state index contributed by atoms with van der Waals surface area (Å²) in [6, 6.07) is 11.9. The van der Waals surface area contributed by atoms with Gasteiger partial charge in [-0.2, -0.15) is 0 Å². The molecule has 0 atom stereocenters. The number of nitrogens with one attached hydrogen (secondary N) is 1. The molecule has 1 aliphatic heterocycles. The molecule has 4 rings (SSSR count). The fourth-order valence-corrected chi connectivity index (χ4v) is 5.97. The van der Waals surface area contributed by atoms with Crippen molar-refractivity contribution in [3.05, 3.63) is 59.8 Å². The number of hydrogen-bond acceptors (Lipinski definition) is 6. The number of sulfonamides is 1. The Balaban J connectivity index is 1.78. The Bertz CT molecular complexity index is 1220. The number of benzene rings is 2. The average Bonchev–Trinajstić information content (AvgIpc) is 3.34. The normalized spacial score (nSPS) is 14.3. The number of carbonyl (C=O) groups is 1. The topological polar surface area (TPSA) is 99.6 Å². The van der Waals surface area contributed by atoms with Crippen LogP contribution in [0.15, 0.2) is 53.6 Å². The molecular formula is C23H25N3O4S2. The molecule has 0 aliphatic carbocycles. The van der Waals surface area contributed by atoms with E-state index in [1.807, 2.05) is 31.2 Å². The zero-order valence-electron chi connectivity index (χ0n) is 17.7. The highest BCUT2D eigenvalue weighted by Crippen LogP contribution is 2.36. The zero-order chi connectivity index (χ0) is 22.7. The number of hydrogen-bond donors (Lipinski definition) is 2. The van der Waals surface area contributed by atoms with Gasteiger partial charge in [0, 0.05) is 19.3 Å². The Labute approximate surface area is 191 Å². The van der Waals surface area contributed by atoms with Gasteiger partial charge in [0.25, 0.3) is 10.0 Å². The summed E-state index contributed by atoms with van der Waals surface area (Å²) in [5.74, 6) is -1.16. The molecule has 1 saturated heterocycles. The molecule has 0 radical (unpaired) electrons. The number of piperidine rings is 1. The lowest BCUT2D eigenvalue weighted by Gasteiger charge is -2.31. The molecule has 0 amide bonds. The number of aromatic carboxylic acids is 1. The molecule has 0 unspecified atom stereocenters. The van der Waals surface area contributed by atoms with Crippen molar-refractivity contribution >= 4 is 38.9 Å². The molecule has 0 spiro atoms. The minimum Gasteiger partial charge on any atom is -0.478 e. The summed E-state index contributed by atoms with van der Waals surface area (Å²) < 4.78 is 33.8. The van der Waals surface area contributed by atoms with Gasteiger partial charge in [-0.05, 0) is 78.7 Å². The van der Waals surface area contributed by atoms with Gasteiger partial charge >= 0.3 is 5.97 Å². The van der Waals surface area contributed by atoms with Crippen molar-refractivity contribution in [1.82, 2.24) is 4.37 Å². The summed E-state index contributed by atoms with van der Waals surface area (Å²) >= 11 is 1.35. The van der Waals surface area contributed by atoms with Crippen LogP contribution in [0.4, 0.5) is 11.4 Å². The van der Waals surface area contributed by atoms with E-state index in [2.05, 4.69) is 14.0 Å². The van der Waals surface area contributed by atoms with Crippen molar-refractivity contribution in [2.45, 2.75) is 37.5 Å². The second-order valence-corrected chi connectivity index (χ2v) is 10.2. The lowest BCUT2D eigenvalue weighted by molar-refractivity contribution is 0.0696. The number of aryl methyl sites for hydroxylation is 1. The molecule has 0 bridgehead atoms. The van der Waals surface area contributed by atoms with E-state index < -0.39 is 16.0 Å². The first-order valence-corrected chi connectivity index (χ1v) is 12.8. The zero-order valence-corrected chi connectivity index (χ0v) is 19.4. The smallest absolute Gasteiger partial charge is 0.335 e. The van der Waals surface area contributed by atoms with Crippen LogP contribution in [0.1, 0.15) is 42.1 Å². The van der Waals surface area contributed by atoms with Crippen molar-refractivity contribution in [3.63, 3.8) is 0 Å². The standard InChI is InChI=1S/C23H25N3O4S2/c1-2-16-6-7-18(23(27)28)15-22(16)32(29,30)25-19-14-17(21-10-11-24-31-21)8-9-20(19)26-12-4-3-5-13-26/h6-11,14-15,25H,2-5,12-13H2,1H3,(H,27,28). The Morgan fingerprint density at radius 2 is 1.91 bits per heavy atom. The number of rotatable bonds is 7. The third kappa shape index (κ3) is 4.63. The van der Waals surface area contributed by atoms with E-state index in [0.717, 1.165) is 42.1 Å². The molecule has 168 valence electrons. The van der Waals surface area contributed by atoms with E-state index in [4.69, 9.17) is 0 Å². The van der Waals surface area contributed by atoms with Crippen molar-refractivity contribution < 1.29 is 18.3 Å². The number of nitrogens with zero attached hydrogens (tertiary/aromatic N) is 2. The van der Waals surface area contributed by atoms with Crippen LogP contribution >= 0.6 is 11.5 Å². The first-order chi connectivity index (χ1) is 15.4. The van der Waals surface area contributed by atoms with Gasteiger partial charge in [0.2, 0.25) is 0 Å². The molecule has 2 heterocycles. The highest BCUT2D eigenvalue weighted by Gasteiger charge is 2.24. The fourth-order valence-electron chi connectivity index (χ4n) is 3.98. The quantitative estimate of drug-likeness (QED) is 0.510. The minimum atomic E-state index is -4.01. The van der Waals surface area contributed by atoms with Gasteiger partial charge in [-0.3, -0.25) is 4.72 Å².